The van der Waals surface area contributed by atoms with Crippen molar-refractivity contribution in [1.29, 1.82) is 0 Å². The lowest BCUT2D eigenvalue weighted by atomic mass is 10.2. The van der Waals surface area contributed by atoms with Gasteiger partial charge in [-0.2, -0.15) is 0 Å². The van der Waals surface area contributed by atoms with Crippen LogP contribution in [-0.2, 0) is 11.4 Å². The molecule has 140 valence electrons. The Morgan fingerprint density at radius 1 is 1.15 bits per heavy atom. The molecule has 9 heteroatoms. The predicted molar refractivity (Wildman–Crippen MR) is 106 cm³/mol. The Kier molecular flexibility index (Phi) is 6.60. The van der Waals surface area contributed by atoms with Gasteiger partial charge in [0.2, 0.25) is 5.91 Å². The van der Waals surface area contributed by atoms with Crippen molar-refractivity contribution in [3.8, 4) is 5.75 Å². The maximum atomic E-state index is 12.1. The van der Waals surface area contributed by atoms with Gasteiger partial charge in [0.25, 0.3) is 11.1 Å². The number of benzene rings is 2. The number of thioether (sulfide) groups is 1. The highest BCUT2D eigenvalue weighted by Gasteiger charge is 2.11. The molecule has 0 spiro atoms. The number of aryl methyl sites for hydroxylation is 1. The molecular weight excluding hydrogens is 409 g/mol. The van der Waals surface area contributed by atoms with Crippen LogP contribution in [0, 0.1) is 6.92 Å². The van der Waals surface area contributed by atoms with Crippen LogP contribution in [0.3, 0.4) is 0 Å². The first-order chi connectivity index (χ1) is 13.0. The number of amides is 1. The van der Waals surface area contributed by atoms with Crippen molar-refractivity contribution in [3.63, 3.8) is 0 Å². The molecule has 0 aliphatic carbocycles. The van der Waals surface area contributed by atoms with Crippen LogP contribution < -0.4 is 10.1 Å². The maximum Gasteiger partial charge on any atom is 0.277 e. The molecule has 3 rings (SSSR count). The molecule has 0 saturated heterocycles. The third-order valence-corrected chi connectivity index (χ3v) is 4.72. The molecule has 1 heterocycles. The summed E-state index contributed by atoms with van der Waals surface area (Å²) >= 11 is 12.9. The molecule has 0 atom stereocenters. The number of anilines is 1. The quantitative estimate of drug-likeness (QED) is 0.539. The smallest absolute Gasteiger partial charge is 0.277 e. The largest absolute Gasteiger partial charge is 0.484 e. The number of carbonyl (C=O) groups is 1. The minimum absolute atomic E-state index is 0.130. The molecule has 0 aliphatic heterocycles. The minimum Gasteiger partial charge on any atom is -0.484 e. The van der Waals surface area contributed by atoms with E-state index in [1.54, 1.807) is 42.5 Å². The van der Waals surface area contributed by atoms with Gasteiger partial charge in [0.05, 0.1) is 5.75 Å². The Hall–Kier alpha value is -2.22. The fourth-order valence-electron chi connectivity index (χ4n) is 2.11. The summed E-state index contributed by atoms with van der Waals surface area (Å²) in [6.07, 6.45) is 0. The summed E-state index contributed by atoms with van der Waals surface area (Å²) in [5.74, 6) is 0.926. The van der Waals surface area contributed by atoms with Gasteiger partial charge >= 0.3 is 0 Å². The lowest BCUT2D eigenvalue weighted by molar-refractivity contribution is -0.113. The Balaban J connectivity index is 1.47. The fourth-order valence-corrected chi connectivity index (χ4v) is 3.04. The summed E-state index contributed by atoms with van der Waals surface area (Å²) in [6, 6.07) is 12.2. The van der Waals surface area contributed by atoms with E-state index >= 15 is 0 Å². The van der Waals surface area contributed by atoms with Gasteiger partial charge in [0, 0.05) is 15.7 Å². The van der Waals surface area contributed by atoms with E-state index in [-0.39, 0.29) is 18.3 Å². The van der Waals surface area contributed by atoms with Crippen molar-refractivity contribution in [2.45, 2.75) is 18.8 Å². The minimum atomic E-state index is -0.178. The van der Waals surface area contributed by atoms with Gasteiger partial charge in [-0.05, 0) is 55.0 Å². The highest BCUT2D eigenvalue weighted by atomic mass is 35.5. The molecule has 3 aromatic rings. The summed E-state index contributed by atoms with van der Waals surface area (Å²) in [5, 5.41) is 12.2. The molecule has 0 aliphatic rings. The Bertz CT molecular complexity index is 932. The van der Waals surface area contributed by atoms with Crippen molar-refractivity contribution in [2.24, 2.45) is 0 Å². The van der Waals surface area contributed by atoms with E-state index in [1.165, 1.54) is 0 Å². The molecule has 0 unspecified atom stereocenters. The highest BCUT2D eigenvalue weighted by molar-refractivity contribution is 7.99. The zero-order valence-electron chi connectivity index (χ0n) is 14.2. The van der Waals surface area contributed by atoms with Gasteiger partial charge in [0.15, 0.2) is 6.61 Å². The number of halogens is 2. The van der Waals surface area contributed by atoms with Gasteiger partial charge in [-0.3, -0.25) is 4.79 Å². The lowest BCUT2D eigenvalue weighted by Gasteiger charge is -2.07. The average molecular weight is 424 g/mol. The monoisotopic (exact) mass is 423 g/mol. The van der Waals surface area contributed by atoms with E-state index < -0.39 is 0 Å². The number of aromatic nitrogens is 2. The first kappa shape index (κ1) is 19.5. The molecule has 27 heavy (non-hydrogen) atoms. The van der Waals surface area contributed by atoms with Crippen LogP contribution in [0.4, 0.5) is 5.69 Å². The molecule has 0 fully saturated rings. The van der Waals surface area contributed by atoms with Crippen LogP contribution >= 0.6 is 35.0 Å². The molecule has 1 amide bonds. The van der Waals surface area contributed by atoms with Crippen LogP contribution in [0.25, 0.3) is 0 Å². The molecule has 0 saturated carbocycles. The summed E-state index contributed by atoms with van der Waals surface area (Å²) in [6.45, 7) is 2.00. The number of nitrogens with zero attached hydrogens (tertiary/aromatic N) is 2. The summed E-state index contributed by atoms with van der Waals surface area (Å²) in [5.41, 5.74) is 1.60. The van der Waals surface area contributed by atoms with Gasteiger partial charge in [-0.15, -0.1) is 10.2 Å². The Morgan fingerprint density at radius 2 is 1.89 bits per heavy atom. The van der Waals surface area contributed by atoms with Gasteiger partial charge in [-0.25, -0.2) is 0 Å². The summed E-state index contributed by atoms with van der Waals surface area (Å²) in [4.78, 5) is 12.1. The predicted octanol–water partition coefficient (Wildman–Crippen LogP) is 4.99. The number of rotatable bonds is 7. The van der Waals surface area contributed by atoms with Gasteiger partial charge < -0.3 is 14.5 Å². The van der Waals surface area contributed by atoms with Crippen molar-refractivity contribution < 1.29 is 13.9 Å². The number of nitrogens with one attached hydrogen (secondary N) is 1. The SMILES string of the molecule is Cc1cc(Cl)ccc1NC(=O)CSc1nnc(COc2ccc(Cl)cc2)o1. The van der Waals surface area contributed by atoms with Crippen molar-refractivity contribution >= 4 is 46.6 Å². The van der Waals surface area contributed by atoms with Crippen molar-refractivity contribution in [3.05, 3.63) is 64.0 Å². The second-order valence-electron chi connectivity index (χ2n) is 5.50. The second kappa shape index (κ2) is 9.12. The molecule has 6 nitrogen and oxygen atoms in total. The molecule has 2 aromatic carbocycles. The topological polar surface area (TPSA) is 77.2 Å². The Labute approximate surface area is 170 Å². The first-order valence-electron chi connectivity index (χ1n) is 7.89. The molecule has 0 bridgehead atoms. The zero-order chi connectivity index (χ0) is 19.2. The first-order valence-corrected chi connectivity index (χ1v) is 9.63. The van der Waals surface area contributed by atoms with E-state index in [9.17, 15) is 4.79 Å². The van der Waals surface area contributed by atoms with E-state index in [4.69, 9.17) is 32.4 Å². The highest BCUT2D eigenvalue weighted by Crippen LogP contribution is 2.22. The lowest BCUT2D eigenvalue weighted by Crippen LogP contribution is -2.14. The number of hydrogen-bond donors (Lipinski definition) is 1. The van der Waals surface area contributed by atoms with Gasteiger partial charge in [0.1, 0.15) is 5.75 Å². The third kappa shape index (κ3) is 5.89. The number of ether oxygens (including phenoxy) is 1. The fraction of sp³-hybridized carbons (Fsp3) is 0.167. The van der Waals surface area contributed by atoms with E-state index in [1.807, 2.05) is 6.92 Å². The molecular formula is C18H15Cl2N3O3S. The third-order valence-electron chi connectivity index (χ3n) is 3.41. The number of hydrogen-bond acceptors (Lipinski definition) is 6. The molecule has 1 aromatic heterocycles. The van der Waals surface area contributed by atoms with Crippen molar-refractivity contribution in [1.82, 2.24) is 10.2 Å². The maximum absolute atomic E-state index is 12.1. The van der Waals surface area contributed by atoms with Crippen LogP contribution in [0.1, 0.15) is 11.5 Å². The average Bonchev–Trinajstić information content (AvgIpc) is 3.10. The van der Waals surface area contributed by atoms with Crippen molar-refractivity contribution in [2.75, 3.05) is 11.1 Å². The normalized spacial score (nSPS) is 10.6. The Morgan fingerprint density at radius 3 is 2.63 bits per heavy atom. The van der Waals surface area contributed by atoms with E-state index in [2.05, 4.69) is 15.5 Å². The number of carbonyl (C=O) groups excluding carboxylic acids is 1. The zero-order valence-corrected chi connectivity index (χ0v) is 16.6. The van der Waals surface area contributed by atoms with Crippen LogP contribution in [0.2, 0.25) is 10.0 Å². The van der Waals surface area contributed by atoms with E-state index in [0.717, 1.165) is 17.3 Å². The van der Waals surface area contributed by atoms with Crippen LogP contribution in [0.15, 0.2) is 52.1 Å². The second-order valence-corrected chi connectivity index (χ2v) is 7.30. The summed E-state index contributed by atoms with van der Waals surface area (Å²) in [7, 11) is 0. The van der Waals surface area contributed by atoms with Gasteiger partial charge in [-0.1, -0.05) is 35.0 Å². The standard InChI is InChI=1S/C18H15Cl2N3O3S/c1-11-8-13(20)4-7-15(11)21-16(24)10-27-18-23-22-17(26-18)9-25-14-5-2-12(19)3-6-14/h2-8H,9-10H2,1H3,(H,21,24). The summed E-state index contributed by atoms with van der Waals surface area (Å²) < 4.78 is 11.0. The van der Waals surface area contributed by atoms with E-state index in [0.29, 0.717) is 32.6 Å². The van der Waals surface area contributed by atoms with Crippen LogP contribution in [0.5, 0.6) is 5.75 Å². The molecule has 1 N–H and O–H groups in total. The molecule has 0 radical (unpaired) electrons. The van der Waals surface area contributed by atoms with Crippen LogP contribution in [-0.4, -0.2) is 21.9 Å².